The summed E-state index contributed by atoms with van der Waals surface area (Å²) in [6.45, 7) is 6.43. The van der Waals surface area contributed by atoms with Gasteiger partial charge < -0.3 is 19.9 Å². The number of hydrogen-bond acceptors (Lipinski definition) is 8. The summed E-state index contributed by atoms with van der Waals surface area (Å²) in [4.78, 5) is 35.1. The Bertz CT molecular complexity index is 697. The Balaban J connectivity index is 2.25. The summed E-state index contributed by atoms with van der Waals surface area (Å²) in [5.41, 5.74) is -1.03. The predicted molar refractivity (Wildman–Crippen MR) is 95.2 cm³/mol. The largest absolute Gasteiger partial charge is 0.455 e. The van der Waals surface area contributed by atoms with Crippen LogP contribution in [0.4, 0.5) is 5.82 Å². The highest BCUT2D eigenvalue weighted by Crippen LogP contribution is 2.14. The lowest BCUT2D eigenvalue weighted by Crippen LogP contribution is -2.50. The minimum Gasteiger partial charge on any atom is -0.455 e. The second kappa shape index (κ2) is 9.82. The molecule has 0 aliphatic heterocycles. The van der Waals surface area contributed by atoms with Gasteiger partial charge in [0.2, 0.25) is 5.91 Å². The van der Waals surface area contributed by atoms with Gasteiger partial charge in [-0.3, -0.25) is 14.4 Å². The smallest absolute Gasteiger partial charge is 0.316 e. The lowest BCUT2D eigenvalue weighted by atomic mass is 9.90. The van der Waals surface area contributed by atoms with E-state index in [4.69, 9.17) is 14.5 Å². The molecular weight excluding hydrogens is 360 g/mol. The van der Waals surface area contributed by atoms with Crippen molar-refractivity contribution >= 4 is 35.4 Å². The van der Waals surface area contributed by atoms with Gasteiger partial charge in [-0.1, -0.05) is 19.0 Å². The molecule has 0 saturated carbocycles. The lowest BCUT2D eigenvalue weighted by molar-refractivity contribution is -0.146. The Morgan fingerprint density at radius 2 is 2.08 bits per heavy atom. The molecule has 0 aliphatic rings. The van der Waals surface area contributed by atoms with E-state index >= 15 is 0 Å². The maximum Gasteiger partial charge on any atom is 0.316 e. The minimum absolute atomic E-state index is 0.0209. The van der Waals surface area contributed by atoms with Crippen LogP contribution >= 0.6 is 11.8 Å². The number of esters is 1. The summed E-state index contributed by atoms with van der Waals surface area (Å²) < 4.78 is 9.65. The minimum atomic E-state index is -1.03. The predicted octanol–water partition coefficient (Wildman–Crippen LogP) is 1.25. The van der Waals surface area contributed by atoms with Crippen molar-refractivity contribution in [3.63, 3.8) is 0 Å². The molecule has 142 valence electrons. The van der Waals surface area contributed by atoms with Gasteiger partial charge in [-0.25, -0.2) is 0 Å². The Morgan fingerprint density at radius 3 is 2.62 bits per heavy atom. The number of nitrogens with zero attached hydrogens (tertiary/aromatic N) is 2. The van der Waals surface area contributed by atoms with Crippen LogP contribution in [-0.2, 0) is 19.1 Å². The molecular formula is C16H22N4O5S. The van der Waals surface area contributed by atoms with E-state index < -0.39 is 24.0 Å². The van der Waals surface area contributed by atoms with Crippen molar-refractivity contribution in [1.29, 1.82) is 5.26 Å². The summed E-state index contributed by atoms with van der Waals surface area (Å²) >= 11 is 1.04. The highest BCUT2D eigenvalue weighted by Gasteiger charge is 2.30. The van der Waals surface area contributed by atoms with Crippen LogP contribution < -0.4 is 10.6 Å². The fourth-order valence-electron chi connectivity index (χ4n) is 1.65. The molecule has 10 heteroatoms. The molecule has 1 aromatic rings. The Morgan fingerprint density at radius 1 is 1.38 bits per heavy atom. The summed E-state index contributed by atoms with van der Waals surface area (Å²) in [6, 6.07) is 3.60. The summed E-state index contributed by atoms with van der Waals surface area (Å²) in [5.74, 6) is -0.813. The van der Waals surface area contributed by atoms with E-state index in [1.54, 1.807) is 33.8 Å². The molecule has 0 saturated heterocycles. The zero-order valence-corrected chi connectivity index (χ0v) is 15.9. The van der Waals surface area contributed by atoms with Crippen LogP contribution in [0.15, 0.2) is 10.6 Å². The number of aromatic nitrogens is 1. The number of hydrogen-bond donors (Lipinski definition) is 2. The number of amides is 2. The van der Waals surface area contributed by atoms with Crippen LogP contribution in [0.3, 0.4) is 0 Å². The molecule has 0 bridgehead atoms. The second-order valence-electron chi connectivity index (χ2n) is 6.04. The fraction of sp³-hybridized carbons (Fsp3) is 0.562. The first-order chi connectivity index (χ1) is 12.2. The van der Waals surface area contributed by atoms with Gasteiger partial charge in [-0.05, 0) is 19.8 Å². The van der Waals surface area contributed by atoms with Crippen molar-refractivity contribution in [3.05, 3.63) is 11.8 Å². The third-order valence-electron chi connectivity index (χ3n) is 3.50. The monoisotopic (exact) mass is 382 g/mol. The summed E-state index contributed by atoms with van der Waals surface area (Å²) in [7, 11) is 0. The molecule has 2 amide bonds. The molecule has 0 radical (unpaired) electrons. The maximum atomic E-state index is 11.8. The second-order valence-corrected chi connectivity index (χ2v) is 7.03. The molecule has 0 fully saturated rings. The van der Waals surface area contributed by atoms with E-state index in [0.717, 1.165) is 11.8 Å². The van der Waals surface area contributed by atoms with E-state index in [0.29, 0.717) is 11.6 Å². The Hall–Kier alpha value is -2.54. The number of aryl methyl sites for hydroxylation is 1. The van der Waals surface area contributed by atoms with Crippen molar-refractivity contribution < 1.29 is 23.6 Å². The quantitative estimate of drug-likeness (QED) is 0.609. The number of carbonyl (C=O) groups excluding carboxylic acids is 3. The first kappa shape index (κ1) is 21.5. The molecule has 0 aromatic carbocycles. The van der Waals surface area contributed by atoms with Crippen molar-refractivity contribution in [1.82, 2.24) is 10.5 Å². The number of rotatable bonds is 9. The van der Waals surface area contributed by atoms with Crippen molar-refractivity contribution in [2.24, 2.45) is 5.92 Å². The van der Waals surface area contributed by atoms with Crippen molar-refractivity contribution in [3.8, 4) is 6.07 Å². The topological polar surface area (TPSA) is 134 Å². The first-order valence-corrected chi connectivity index (χ1v) is 9.00. The average molecular weight is 382 g/mol. The molecule has 0 aliphatic carbocycles. The maximum absolute atomic E-state index is 11.8. The molecule has 26 heavy (non-hydrogen) atoms. The molecule has 0 unspecified atom stereocenters. The SMILES string of the molecule is Cc1cc(NC(=O)CSCC(=O)OCC(=O)N[C@@](C)(C#N)C(C)C)no1. The van der Waals surface area contributed by atoms with Gasteiger partial charge in [0.15, 0.2) is 12.4 Å². The summed E-state index contributed by atoms with van der Waals surface area (Å²) in [6.07, 6.45) is 0. The number of carbonyl (C=O) groups is 3. The molecule has 0 spiro atoms. The van der Waals surface area contributed by atoms with Crippen molar-refractivity contribution in [2.75, 3.05) is 23.4 Å². The van der Waals surface area contributed by atoms with Crippen LogP contribution in [0.1, 0.15) is 26.5 Å². The highest BCUT2D eigenvalue weighted by molar-refractivity contribution is 8.00. The molecule has 9 nitrogen and oxygen atoms in total. The van der Waals surface area contributed by atoms with Crippen LogP contribution in [0.5, 0.6) is 0 Å². The van der Waals surface area contributed by atoms with Crippen LogP contribution in [-0.4, -0.2) is 46.6 Å². The van der Waals surface area contributed by atoms with E-state index in [1.807, 2.05) is 6.07 Å². The van der Waals surface area contributed by atoms with Gasteiger partial charge in [0, 0.05) is 6.07 Å². The zero-order chi connectivity index (χ0) is 19.7. The molecule has 1 rings (SSSR count). The van der Waals surface area contributed by atoms with Crippen molar-refractivity contribution in [2.45, 2.75) is 33.2 Å². The highest BCUT2D eigenvalue weighted by atomic mass is 32.2. The number of thioether (sulfide) groups is 1. The third-order valence-corrected chi connectivity index (χ3v) is 4.40. The van der Waals surface area contributed by atoms with Gasteiger partial charge in [0.05, 0.1) is 17.6 Å². The van der Waals surface area contributed by atoms with Crippen LogP contribution in [0, 0.1) is 24.2 Å². The standard InChI is InChI=1S/C16H22N4O5S/c1-10(2)16(4,9-17)19-13(21)6-24-15(23)8-26-7-14(22)18-12-5-11(3)25-20-12/h5,10H,6-8H2,1-4H3,(H,19,21)(H,18,20,22)/t16-/m0/s1. The van der Waals surface area contributed by atoms with E-state index in [2.05, 4.69) is 15.8 Å². The number of nitrogens with one attached hydrogen (secondary N) is 2. The van der Waals surface area contributed by atoms with Gasteiger partial charge in [-0.15, -0.1) is 11.8 Å². The Labute approximate surface area is 155 Å². The number of anilines is 1. The Kier molecular flexibility index (Phi) is 8.12. The van der Waals surface area contributed by atoms with E-state index in [9.17, 15) is 14.4 Å². The average Bonchev–Trinajstić information content (AvgIpc) is 2.97. The van der Waals surface area contributed by atoms with E-state index in [-0.39, 0.29) is 23.3 Å². The lowest BCUT2D eigenvalue weighted by Gasteiger charge is -2.27. The fourth-order valence-corrected chi connectivity index (χ4v) is 2.26. The summed E-state index contributed by atoms with van der Waals surface area (Å²) in [5, 5.41) is 17.8. The van der Waals surface area contributed by atoms with Gasteiger partial charge in [0.1, 0.15) is 11.3 Å². The molecule has 1 atom stereocenters. The first-order valence-electron chi connectivity index (χ1n) is 7.85. The molecule has 2 N–H and O–H groups in total. The van der Waals surface area contributed by atoms with Crippen LogP contribution in [0.25, 0.3) is 0 Å². The number of ether oxygens (including phenoxy) is 1. The van der Waals surface area contributed by atoms with Crippen LogP contribution in [0.2, 0.25) is 0 Å². The number of nitriles is 1. The molecule has 1 heterocycles. The molecule has 1 aromatic heterocycles. The normalized spacial score (nSPS) is 12.8. The van der Waals surface area contributed by atoms with Gasteiger partial charge in [-0.2, -0.15) is 5.26 Å². The van der Waals surface area contributed by atoms with Gasteiger partial charge in [0.25, 0.3) is 5.91 Å². The zero-order valence-electron chi connectivity index (χ0n) is 15.1. The van der Waals surface area contributed by atoms with E-state index in [1.165, 1.54) is 0 Å². The van der Waals surface area contributed by atoms with Gasteiger partial charge >= 0.3 is 5.97 Å². The third kappa shape index (κ3) is 7.14.